The second kappa shape index (κ2) is 4.66. The molecular formula is C10H15ClN2O2. The van der Waals surface area contributed by atoms with Gasteiger partial charge in [0.05, 0.1) is 12.2 Å². The fourth-order valence-corrected chi connectivity index (χ4v) is 1.05. The molecule has 0 spiro atoms. The molecule has 1 rings (SSSR count). The topological polar surface area (TPSA) is 55.1 Å². The molecule has 0 fully saturated rings. The number of carbonyl (C=O) groups is 1. The third kappa shape index (κ3) is 3.55. The summed E-state index contributed by atoms with van der Waals surface area (Å²) in [5, 5.41) is 2.59. The number of alkyl halides is 1. The van der Waals surface area contributed by atoms with E-state index >= 15 is 0 Å². The summed E-state index contributed by atoms with van der Waals surface area (Å²) >= 11 is 5.33. The van der Waals surface area contributed by atoms with Gasteiger partial charge in [-0.2, -0.15) is 0 Å². The standard InChI is InChI=1S/C10H15ClN2O2/c1-10(2,3)7-6-15-9(13-7)5-12-8(14)4-11/h6H,4-5H2,1-3H3,(H,12,14). The van der Waals surface area contributed by atoms with Gasteiger partial charge in [-0.3, -0.25) is 4.79 Å². The normalized spacial score (nSPS) is 11.5. The van der Waals surface area contributed by atoms with Crippen molar-refractivity contribution in [3.8, 4) is 0 Å². The molecule has 1 amide bonds. The summed E-state index contributed by atoms with van der Waals surface area (Å²) in [5.74, 6) is 0.220. The highest BCUT2D eigenvalue weighted by atomic mass is 35.5. The second-order valence-corrected chi connectivity index (χ2v) is 4.55. The van der Waals surface area contributed by atoms with E-state index in [2.05, 4.69) is 10.3 Å². The summed E-state index contributed by atoms with van der Waals surface area (Å²) in [6.07, 6.45) is 1.61. The van der Waals surface area contributed by atoms with Crippen LogP contribution in [0, 0.1) is 0 Å². The minimum atomic E-state index is -0.229. The van der Waals surface area contributed by atoms with E-state index in [-0.39, 0.29) is 23.7 Å². The van der Waals surface area contributed by atoms with Gasteiger partial charge in [0.2, 0.25) is 11.8 Å². The molecular weight excluding hydrogens is 216 g/mol. The summed E-state index contributed by atoms with van der Waals surface area (Å²) < 4.78 is 5.22. The van der Waals surface area contributed by atoms with Crippen molar-refractivity contribution in [2.24, 2.45) is 0 Å². The van der Waals surface area contributed by atoms with Gasteiger partial charge in [-0.15, -0.1) is 11.6 Å². The zero-order valence-corrected chi connectivity index (χ0v) is 9.89. The van der Waals surface area contributed by atoms with Crippen LogP contribution in [0.4, 0.5) is 0 Å². The molecule has 1 N–H and O–H groups in total. The van der Waals surface area contributed by atoms with Gasteiger partial charge < -0.3 is 9.73 Å². The van der Waals surface area contributed by atoms with Gasteiger partial charge in [0.15, 0.2) is 0 Å². The molecule has 1 aromatic heterocycles. The quantitative estimate of drug-likeness (QED) is 0.806. The molecule has 0 saturated carbocycles. The molecule has 0 aromatic carbocycles. The van der Waals surface area contributed by atoms with Gasteiger partial charge in [0.25, 0.3) is 0 Å². The fourth-order valence-electron chi connectivity index (χ4n) is 0.958. The molecule has 1 heterocycles. The van der Waals surface area contributed by atoms with Gasteiger partial charge in [0, 0.05) is 5.41 Å². The van der Waals surface area contributed by atoms with Crippen molar-refractivity contribution in [3.05, 3.63) is 17.8 Å². The molecule has 4 nitrogen and oxygen atoms in total. The van der Waals surface area contributed by atoms with Crippen LogP contribution in [0.25, 0.3) is 0 Å². The maximum absolute atomic E-state index is 10.9. The predicted molar refractivity (Wildman–Crippen MR) is 57.8 cm³/mol. The van der Waals surface area contributed by atoms with Gasteiger partial charge in [-0.25, -0.2) is 4.98 Å². The van der Waals surface area contributed by atoms with E-state index in [1.807, 2.05) is 20.8 Å². The van der Waals surface area contributed by atoms with E-state index in [1.54, 1.807) is 6.26 Å². The lowest BCUT2D eigenvalue weighted by Gasteiger charge is -2.12. The van der Waals surface area contributed by atoms with Crippen molar-refractivity contribution in [2.45, 2.75) is 32.7 Å². The van der Waals surface area contributed by atoms with E-state index in [0.717, 1.165) is 5.69 Å². The van der Waals surface area contributed by atoms with Crippen molar-refractivity contribution in [1.82, 2.24) is 10.3 Å². The van der Waals surface area contributed by atoms with Gasteiger partial charge in [-0.05, 0) is 0 Å². The number of carbonyl (C=O) groups excluding carboxylic acids is 1. The Morgan fingerprint density at radius 2 is 2.27 bits per heavy atom. The van der Waals surface area contributed by atoms with Crippen molar-refractivity contribution >= 4 is 17.5 Å². The van der Waals surface area contributed by atoms with E-state index in [4.69, 9.17) is 16.0 Å². The first-order valence-electron chi connectivity index (χ1n) is 4.71. The number of rotatable bonds is 3. The monoisotopic (exact) mass is 230 g/mol. The molecule has 5 heteroatoms. The Labute approximate surface area is 94.0 Å². The summed E-state index contributed by atoms with van der Waals surface area (Å²) in [4.78, 5) is 15.1. The van der Waals surface area contributed by atoms with Crippen LogP contribution in [0.3, 0.4) is 0 Å². The Bertz CT molecular complexity index is 341. The highest BCUT2D eigenvalue weighted by Crippen LogP contribution is 2.20. The molecule has 0 aliphatic carbocycles. The van der Waals surface area contributed by atoms with E-state index in [9.17, 15) is 4.79 Å². The molecule has 0 bridgehead atoms. The number of amides is 1. The first-order chi connectivity index (χ1) is 6.93. The lowest BCUT2D eigenvalue weighted by atomic mass is 9.93. The van der Waals surface area contributed by atoms with Crippen molar-refractivity contribution < 1.29 is 9.21 Å². The smallest absolute Gasteiger partial charge is 0.235 e. The number of aromatic nitrogens is 1. The van der Waals surface area contributed by atoms with Crippen molar-refractivity contribution in [3.63, 3.8) is 0 Å². The summed E-state index contributed by atoms with van der Waals surface area (Å²) in [6, 6.07) is 0. The fraction of sp³-hybridized carbons (Fsp3) is 0.600. The third-order valence-electron chi connectivity index (χ3n) is 1.88. The summed E-state index contributed by atoms with van der Waals surface area (Å²) in [7, 11) is 0. The number of oxazole rings is 1. The summed E-state index contributed by atoms with van der Waals surface area (Å²) in [6.45, 7) is 6.42. The SMILES string of the molecule is CC(C)(C)c1coc(CNC(=O)CCl)n1. The Morgan fingerprint density at radius 3 is 2.73 bits per heavy atom. The molecule has 0 saturated heterocycles. The largest absolute Gasteiger partial charge is 0.447 e. The van der Waals surface area contributed by atoms with E-state index in [1.165, 1.54) is 0 Å². The number of nitrogens with zero attached hydrogens (tertiary/aromatic N) is 1. The molecule has 0 aliphatic heterocycles. The molecule has 15 heavy (non-hydrogen) atoms. The lowest BCUT2D eigenvalue weighted by molar-refractivity contribution is -0.118. The first-order valence-corrected chi connectivity index (χ1v) is 5.24. The average Bonchev–Trinajstić information content (AvgIpc) is 2.61. The van der Waals surface area contributed by atoms with Crippen LogP contribution >= 0.6 is 11.6 Å². The Hall–Kier alpha value is -1.03. The van der Waals surface area contributed by atoms with Crippen LogP contribution in [0.2, 0.25) is 0 Å². The number of hydrogen-bond acceptors (Lipinski definition) is 3. The molecule has 84 valence electrons. The van der Waals surface area contributed by atoms with Crippen molar-refractivity contribution in [2.75, 3.05) is 5.88 Å². The van der Waals surface area contributed by atoms with Crippen molar-refractivity contribution in [1.29, 1.82) is 0 Å². The highest BCUT2D eigenvalue weighted by Gasteiger charge is 2.18. The summed E-state index contributed by atoms with van der Waals surface area (Å²) in [5.41, 5.74) is 0.829. The number of nitrogens with one attached hydrogen (secondary N) is 1. The molecule has 1 aromatic rings. The van der Waals surface area contributed by atoms with Gasteiger partial charge >= 0.3 is 0 Å². The lowest BCUT2D eigenvalue weighted by Crippen LogP contribution is -2.24. The van der Waals surface area contributed by atoms with Gasteiger partial charge in [-0.1, -0.05) is 20.8 Å². The van der Waals surface area contributed by atoms with Crippen LogP contribution < -0.4 is 5.32 Å². The van der Waals surface area contributed by atoms with Crippen LogP contribution in [-0.4, -0.2) is 16.8 Å². The van der Waals surface area contributed by atoms with Crippen LogP contribution in [0.15, 0.2) is 10.7 Å². The minimum absolute atomic E-state index is 0.0434. The van der Waals surface area contributed by atoms with Crippen LogP contribution in [0.1, 0.15) is 32.4 Å². The van der Waals surface area contributed by atoms with Crippen LogP contribution in [0.5, 0.6) is 0 Å². The maximum atomic E-state index is 10.9. The van der Waals surface area contributed by atoms with E-state index < -0.39 is 0 Å². The minimum Gasteiger partial charge on any atom is -0.447 e. The third-order valence-corrected chi connectivity index (χ3v) is 2.12. The Morgan fingerprint density at radius 1 is 1.60 bits per heavy atom. The molecule has 0 atom stereocenters. The average molecular weight is 231 g/mol. The van der Waals surface area contributed by atoms with Gasteiger partial charge in [0.1, 0.15) is 12.1 Å². The van der Waals surface area contributed by atoms with Crippen LogP contribution in [-0.2, 0) is 16.8 Å². The Balaban J connectivity index is 2.58. The predicted octanol–water partition coefficient (Wildman–Crippen LogP) is 1.83. The van der Waals surface area contributed by atoms with E-state index in [0.29, 0.717) is 5.89 Å². The maximum Gasteiger partial charge on any atom is 0.235 e. The molecule has 0 aliphatic rings. The highest BCUT2D eigenvalue weighted by molar-refractivity contribution is 6.27. The zero-order chi connectivity index (χ0) is 11.5. The second-order valence-electron chi connectivity index (χ2n) is 4.29. The number of halogens is 1. The number of hydrogen-bond donors (Lipinski definition) is 1. The molecule has 0 radical (unpaired) electrons. The first kappa shape index (κ1) is 12.0. The molecule has 0 unspecified atom stereocenters. The Kier molecular flexibility index (Phi) is 3.74. The zero-order valence-electron chi connectivity index (χ0n) is 9.13.